The minimum atomic E-state index is -0.692. The second kappa shape index (κ2) is 8.86. The van der Waals surface area contributed by atoms with Gasteiger partial charge in [-0.1, -0.05) is 61.9 Å². The van der Waals surface area contributed by atoms with Gasteiger partial charge < -0.3 is 15.5 Å². The maximum absolute atomic E-state index is 13.5. The first-order valence-electron chi connectivity index (χ1n) is 11.3. The first-order valence-corrected chi connectivity index (χ1v) is 12.2. The van der Waals surface area contributed by atoms with Crippen molar-refractivity contribution >= 4 is 29.5 Å². The second-order valence-corrected chi connectivity index (χ2v) is 11.4. The summed E-state index contributed by atoms with van der Waals surface area (Å²) in [6, 6.07) is 14.1. The Bertz CT molecular complexity index is 1080. The zero-order valence-electron chi connectivity index (χ0n) is 19.7. The molecule has 0 aliphatic carbocycles. The maximum Gasteiger partial charge on any atom is 0.256 e. The van der Waals surface area contributed by atoms with Crippen LogP contribution in [0.2, 0.25) is 0 Å². The minimum absolute atomic E-state index is 0.105. The van der Waals surface area contributed by atoms with Crippen LogP contribution < -0.4 is 10.6 Å². The van der Waals surface area contributed by atoms with E-state index < -0.39 is 16.8 Å². The number of amides is 3. The topological polar surface area (TPSA) is 78.5 Å². The number of aryl methyl sites for hydroxylation is 1. The highest BCUT2D eigenvalue weighted by Crippen LogP contribution is 2.56. The van der Waals surface area contributed by atoms with Crippen LogP contribution in [0, 0.1) is 12.8 Å². The SMILES string of the molecule is Cc1ccc(CNC(=O)[C@@H](NC(=O)[C@H]2N3C(=O)c4ccccc4C3SC2(C)C)C(C)C)cc1. The number of carbonyl (C=O) groups excluding carboxylic acids is 3. The van der Waals surface area contributed by atoms with E-state index in [2.05, 4.69) is 10.6 Å². The van der Waals surface area contributed by atoms with E-state index in [0.717, 1.165) is 16.7 Å². The van der Waals surface area contributed by atoms with E-state index in [-0.39, 0.29) is 29.0 Å². The molecule has 0 radical (unpaired) electrons. The molecule has 3 atom stereocenters. The average molecular weight is 466 g/mol. The number of fused-ring (bicyclic) bond motifs is 3. The molecule has 2 heterocycles. The lowest BCUT2D eigenvalue weighted by Crippen LogP contribution is -2.58. The maximum atomic E-state index is 13.5. The molecule has 174 valence electrons. The van der Waals surface area contributed by atoms with Crippen molar-refractivity contribution in [2.45, 2.75) is 63.4 Å². The molecule has 2 aliphatic heterocycles. The zero-order chi connectivity index (χ0) is 23.9. The van der Waals surface area contributed by atoms with E-state index in [1.807, 2.05) is 83.1 Å². The van der Waals surface area contributed by atoms with E-state index in [1.165, 1.54) is 0 Å². The molecule has 0 bridgehead atoms. The van der Waals surface area contributed by atoms with Gasteiger partial charge in [0.05, 0.1) is 0 Å². The summed E-state index contributed by atoms with van der Waals surface area (Å²) in [5.41, 5.74) is 3.76. The predicted octanol–water partition coefficient (Wildman–Crippen LogP) is 3.80. The highest BCUT2D eigenvalue weighted by atomic mass is 32.2. The number of hydrogen-bond acceptors (Lipinski definition) is 4. The number of nitrogens with one attached hydrogen (secondary N) is 2. The van der Waals surface area contributed by atoms with Gasteiger partial charge in [0.1, 0.15) is 17.5 Å². The third kappa shape index (κ3) is 4.38. The van der Waals surface area contributed by atoms with Gasteiger partial charge >= 0.3 is 0 Å². The van der Waals surface area contributed by atoms with E-state index >= 15 is 0 Å². The molecule has 4 rings (SSSR count). The Morgan fingerprint density at radius 2 is 1.76 bits per heavy atom. The van der Waals surface area contributed by atoms with E-state index in [9.17, 15) is 14.4 Å². The fraction of sp³-hybridized carbons (Fsp3) is 0.423. The van der Waals surface area contributed by atoms with Crippen LogP contribution >= 0.6 is 11.8 Å². The molecule has 0 saturated carbocycles. The number of rotatable bonds is 6. The quantitative estimate of drug-likeness (QED) is 0.680. The minimum Gasteiger partial charge on any atom is -0.350 e. The van der Waals surface area contributed by atoms with Crippen molar-refractivity contribution in [3.05, 3.63) is 70.8 Å². The average Bonchev–Trinajstić information content (AvgIpc) is 3.20. The monoisotopic (exact) mass is 465 g/mol. The fourth-order valence-electron chi connectivity index (χ4n) is 4.58. The van der Waals surface area contributed by atoms with Gasteiger partial charge in [-0.15, -0.1) is 11.8 Å². The Hall–Kier alpha value is -2.80. The van der Waals surface area contributed by atoms with E-state index in [0.29, 0.717) is 12.1 Å². The van der Waals surface area contributed by atoms with Crippen LogP contribution in [0.3, 0.4) is 0 Å². The molecule has 2 aliphatic rings. The summed E-state index contributed by atoms with van der Waals surface area (Å²) in [5.74, 6) is -0.750. The third-order valence-corrected chi connectivity index (χ3v) is 7.91. The number of hydrogen-bond donors (Lipinski definition) is 2. The lowest BCUT2D eigenvalue weighted by Gasteiger charge is -2.32. The van der Waals surface area contributed by atoms with Crippen LogP contribution in [0.1, 0.15) is 60.1 Å². The lowest BCUT2D eigenvalue weighted by atomic mass is 9.98. The molecule has 6 nitrogen and oxygen atoms in total. The number of benzene rings is 2. The van der Waals surface area contributed by atoms with Crippen LogP contribution in [0.15, 0.2) is 48.5 Å². The fourth-order valence-corrected chi connectivity index (χ4v) is 6.17. The van der Waals surface area contributed by atoms with Crippen molar-refractivity contribution in [1.29, 1.82) is 0 Å². The smallest absolute Gasteiger partial charge is 0.256 e. The molecule has 3 amide bonds. The summed E-state index contributed by atoms with van der Waals surface area (Å²) in [6.45, 7) is 10.2. The highest BCUT2D eigenvalue weighted by molar-refractivity contribution is 8.01. The van der Waals surface area contributed by atoms with Gasteiger partial charge in [0.15, 0.2) is 0 Å². The molecule has 2 N–H and O–H groups in total. The third-order valence-electron chi connectivity index (χ3n) is 6.38. The zero-order valence-corrected chi connectivity index (χ0v) is 20.5. The summed E-state index contributed by atoms with van der Waals surface area (Å²) in [5, 5.41) is 5.72. The van der Waals surface area contributed by atoms with Crippen LogP contribution in [-0.4, -0.2) is 39.5 Å². The molecule has 2 aromatic carbocycles. The van der Waals surface area contributed by atoms with Crippen molar-refractivity contribution in [2.75, 3.05) is 0 Å². The second-order valence-electron chi connectivity index (χ2n) is 9.71. The van der Waals surface area contributed by atoms with Crippen molar-refractivity contribution < 1.29 is 14.4 Å². The van der Waals surface area contributed by atoms with E-state index in [4.69, 9.17) is 0 Å². The first-order chi connectivity index (χ1) is 15.6. The van der Waals surface area contributed by atoms with Gasteiger partial charge in [-0.3, -0.25) is 14.4 Å². The molecule has 1 unspecified atom stereocenters. The lowest BCUT2D eigenvalue weighted by molar-refractivity contribution is -0.132. The van der Waals surface area contributed by atoms with Gasteiger partial charge in [-0.05, 0) is 43.9 Å². The molecular formula is C26H31N3O3S. The highest BCUT2D eigenvalue weighted by Gasteiger charge is 2.57. The van der Waals surface area contributed by atoms with Crippen molar-refractivity contribution in [3.63, 3.8) is 0 Å². The molecule has 1 saturated heterocycles. The molecule has 0 aromatic heterocycles. The number of nitrogens with zero attached hydrogens (tertiary/aromatic N) is 1. The van der Waals surface area contributed by atoms with Gasteiger partial charge in [-0.25, -0.2) is 0 Å². The van der Waals surface area contributed by atoms with E-state index in [1.54, 1.807) is 16.7 Å². The summed E-state index contributed by atoms with van der Waals surface area (Å²) in [7, 11) is 0. The Labute approximate surface area is 199 Å². The van der Waals surface area contributed by atoms with Crippen molar-refractivity contribution in [3.8, 4) is 0 Å². The van der Waals surface area contributed by atoms with Crippen LogP contribution in [0.25, 0.3) is 0 Å². The number of thioether (sulfide) groups is 1. The largest absolute Gasteiger partial charge is 0.350 e. The summed E-state index contributed by atoms with van der Waals surface area (Å²) in [6.07, 6.45) is 0. The van der Waals surface area contributed by atoms with Crippen molar-refractivity contribution in [1.82, 2.24) is 15.5 Å². The molecular weight excluding hydrogens is 434 g/mol. The van der Waals surface area contributed by atoms with Crippen LogP contribution in [0.5, 0.6) is 0 Å². The molecule has 33 heavy (non-hydrogen) atoms. The predicted molar refractivity (Wildman–Crippen MR) is 131 cm³/mol. The molecule has 2 aromatic rings. The van der Waals surface area contributed by atoms with Gasteiger partial charge in [0.25, 0.3) is 5.91 Å². The Morgan fingerprint density at radius 1 is 1.09 bits per heavy atom. The van der Waals surface area contributed by atoms with Crippen LogP contribution in [-0.2, 0) is 16.1 Å². The molecule has 1 fully saturated rings. The summed E-state index contributed by atoms with van der Waals surface area (Å²) >= 11 is 1.62. The summed E-state index contributed by atoms with van der Waals surface area (Å²) in [4.78, 5) is 41.4. The Morgan fingerprint density at radius 3 is 2.42 bits per heavy atom. The molecule has 7 heteroatoms. The van der Waals surface area contributed by atoms with Gasteiger partial charge in [0, 0.05) is 16.9 Å². The summed E-state index contributed by atoms with van der Waals surface area (Å²) < 4.78 is -0.488. The molecule has 0 spiro atoms. The normalized spacial score (nSPS) is 21.5. The van der Waals surface area contributed by atoms with Crippen LogP contribution in [0.4, 0.5) is 0 Å². The van der Waals surface area contributed by atoms with Gasteiger partial charge in [-0.2, -0.15) is 0 Å². The van der Waals surface area contributed by atoms with Gasteiger partial charge in [0.2, 0.25) is 11.8 Å². The standard InChI is InChI=1S/C26H31N3O3S/c1-15(2)20(22(30)27-14-17-12-10-16(3)11-13-17)28-23(31)21-26(4,5)33-25-19-9-7-6-8-18(19)24(32)29(21)25/h6-13,15,20-21,25H,14H2,1-5H3,(H,27,30)(H,28,31)/t20-,21+,25?/m0/s1. The Balaban J connectivity index is 1.49. The number of carbonyl (C=O) groups is 3. The van der Waals surface area contributed by atoms with Crippen molar-refractivity contribution in [2.24, 2.45) is 5.92 Å². The first kappa shape index (κ1) is 23.4. The Kier molecular flexibility index (Phi) is 6.27.